The minimum absolute atomic E-state index is 0.0155. The van der Waals surface area contributed by atoms with E-state index in [4.69, 9.17) is 0 Å². The van der Waals surface area contributed by atoms with Gasteiger partial charge in [0.05, 0.1) is 0 Å². The van der Waals surface area contributed by atoms with Gasteiger partial charge in [0.2, 0.25) is 0 Å². The second-order valence-corrected chi connectivity index (χ2v) is 7.85. The smallest absolute Gasteiger partial charge is 0.169 e. The molecule has 0 aromatic heterocycles. The summed E-state index contributed by atoms with van der Waals surface area (Å²) in [7, 11) is 0. The van der Waals surface area contributed by atoms with Crippen molar-refractivity contribution in [3.05, 3.63) is 35.9 Å². The van der Waals surface area contributed by atoms with Crippen molar-refractivity contribution < 1.29 is 4.79 Å². The molecule has 0 heterocycles. The van der Waals surface area contributed by atoms with Crippen molar-refractivity contribution in [2.24, 2.45) is 23.2 Å². The molecule has 3 saturated carbocycles. The Kier molecular flexibility index (Phi) is 3.84. The van der Waals surface area contributed by atoms with Gasteiger partial charge in [0.25, 0.3) is 0 Å². The fourth-order valence-electron chi connectivity index (χ4n) is 6.11. The lowest BCUT2D eigenvalue weighted by Gasteiger charge is -2.64. The molecule has 3 aliphatic rings. The number of Topliss-reactive ketones (excluding diaryl/α,β-unsaturated/α-hetero) is 1. The molecule has 0 saturated heterocycles. The van der Waals surface area contributed by atoms with Crippen LogP contribution >= 0.6 is 0 Å². The molecule has 1 nitrogen and oxygen atoms in total. The van der Waals surface area contributed by atoms with Crippen LogP contribution in [0.2, 0.25) is 0 Å². The zero-order valence-electron chi connectivity index (χ0n) is 13.6. The minimum atomic E-state index is 0.0155. The lowest BCUT2D eigenvalue weighted by Crippen LogP contribution is -2.62. The molecule has 22 heavy (non-hydrogen) atoms. The van der Waals surface area contributed by atoms with E-state index in [0.717, 1.165) is 17.9 Å². The van der Waals surface area contributed by atoms with Crippen molar-refractivity contribution in [1.82, 2.24) is 0 Å². The van der Waals surface area contributed by atoms with Gasteiger partial charge in [0.15, 0.2) is 5.78 Å². The van der Waals surface area contributed by atoms with E-state index in [1.54, 1.807) is 0 Å². The highest BCUT2D eigenvalue weighted by Gasteiger charge is 2.64. The molecule has 4 atom stereocenters. The zero-order chi connectivity index (χ0) is 15.0. The highest BCUT2D eigenvalue weighted by atomic mass is 16.1. The van der Waals surface area contributed by atoms with E-state index in [9.17, 15) is 4.79 Å². The number of hydrogen-bond acceptors (Lipinski definition) is 1. The third kappa shape index (κ3) is 2.08. The zero-order valence-corrected chi connectivity index (χ0v) is 13.6. The molecule has 0 unspecified atom stereocenters. The van der Waals surface area contributed by atoms with Crippen LogP contribution in [0.3, 0.4) is 0 Å². The van der Waals surface area contributed by atoms with Crippen molar-refractivity contribution in [1.29, 1.82) is 0 Å². The third-order valence-electron chi connectivity index (χ3n) is 6.97. The van der Waals surface area contributed by atoms with Crippen LogP contribution in [0.4, 0.5) is 0 Å². The van der Waals surface area contributed by atoms with Crippen LogP contribution in [0.5, 0.6) is 0 Å². The van der Waals surface area contributed by atoms with Gasteiger partial charge >= 0.3 is 0 Å². The van der Waals surface area contributed by atoms with Gasteiger partial charge in [-0.1, -0.05) is 68.9 Å². The molecule has 0 aliphatic heterocycles. The Morgan fingerprint density at radius 2 is 1.45 bits per heavy atom. The molecule has 4 rings (SSSR count). The number of carbonyl (C=O) groups excluding carboxylic acids is 1. The Labute approximate surface area is 134 Å². The Morgan fingerprint density at radius 1 is 0.818 bits per heavy atom. The lowest BCUT2D eigenvalue weighted by molar-refractivity contribution is -0.128. The second kappa shape index (κ2) is 5.83. The first-order valence-electron chi connectivity index (χ1n) is 9.44. The van der Waals surface area contributed by atoms with Gasteiger partial charge in [0.1, 0.15) is 0 Å². The summed E-state index contributed by atoms with van der Waals surface area (Å²) in [5.41, 5.74) is 0.983. The summed E-state index contributed by atoms with van der Waals surface area (Å²) in [5.74, 6) is 2.72. The van der Waals surface area contributed by atoms with Crippen molar-refractivity contribution in [3.63, 3.8) is 0 Å². The normalized spacial score (nSPS) is 37.9. The highest BCUT2D eigenvalue weighted by Crippen LogP contribution is 2.67. The van der Waals surface area contributed by atoms with Gasteiger partial charge in [0, 0.05) is 11.0 Å². The van der Waals surface area contributed by atoms with Crippen LogP contribution in [0.15, 0.2) is 30.3 Å². The summed E-state index contributed by atoms with van der Waals surface area (Å²) < 4.78 is 0. The van der Waals surface area contributed by atoms with E-state index in [1.165, 1.54) is 57.8 Å². The molecule has 118 valence electrons. The van der Waals surface area contributed by atoms with Gasteiger partial charge in [-0.2, -0.15) is 0 Å². The van der Waals surface area contributed by atoms with Crippen molar-refractivity contribution in [3.8, 4) is 0 Å². The highest BCUT2D eigenvalue weighted by molar-refractivity contribution is 6.01. The maximum Gasteiger partial charge on any atom is 0.169 e. The lowest BCUT2D eigenvalue weighted by atomic mass is 9.39. The summed E-state index contributed by atoms with van der Waals surface area (Å²) >= 11 is 0. The largest absolute Gasteiger partial charge is 0.294 e. The Bertz CT molecular complexity index is 534. The Morgan fingerprint density at radius 3 is 2.18 bits per heavy atom. The standard InChI is InChI=1S/C21H28O/c22-20(16-10-4-3-5-11-16)21-15-9-8-14-19(21)17-12-6-1-2-7-13-18(17)21/h3-5,10-11,17-19H,1-2,6-9,12-15H2/t17-,18-,19+,21+/m1/s1. The second-order valence-electron chi connectivity index (χ2n) is 7.85. The first kappa shape index (κ1) is 14.5. The van der Waals surface area contributed by atoms with Gasteiger partial charge in [-0.3, -0.25) is 4.79 Å². The van der Waals surface area contributed by atoms with E-state index in [0.29, 0.717) is 17.6 Å². The van der Waals surface area contributed by atoms with E-state index < -0.39 is 0 Å². The topological polar surface area (TPSA) is 17.1 Å². The molecule has 0 N–H and O–H groups in total. The maximum absolute atomic E-state index is 13.4. The first-order valence-corrected chi connectivity index (χ1v) is 9.44. The molecule has 0 radical (unpaired) electrons. The summed E-state index contributed by atoms with van der Waals surface area (Å²) in [6.07, 6.45) is 13.3. The predicted molar refractivity (Wildman–Crippen MR) is 89.8 cm³/mol. The molecule has 1 heteroatoms. The number of ketones is 1. The fourth-order valence-corrected chi connectivity index (χ4v) is 6.11. The van der Waals surface area contributed by atoms with Crippen molar-refractivity contribution in [2.45, 2.75) is 64.2 Å². The predicted octanol–water partition coefficient (Wildman–Crippen LogP) is 5.65. The average molecular weight is 296 g/mol. The van der Waals surface area contributed by atoms with E-state index in [1.807, 2.05) is 30.3 Å². The van der Waals surface area contributed by atoms with Crippen molar-refractivity contribution >= 4 is 5.78 Å². The van der Waals surface area contributed by atoms with Crippen LogP contribution in [-0.4, -0.2) is 5.78 Å². The van der Waals surface area contributed by atoms with E-state index in [2.05, 4.69) is 0 Å². The number of fused-ring (bicyclic) bond motifs is 4. The molecule has 0 amide bonds. The first-order chi connectivity index (χ1) is 10.8. The summed E-state index contributed by atoms with van der Waals surface area (Å²) in [4.78, 5) is 13.4. The summed E-state index contributed by atoms with van der Waals surface area (Å²) in [6.45, 7) is 0. The molecule has 0 spiro atoms. The molecular formula is C21H28O. The van der Waals surface area contributed by atoms with Gasteiger partial charge in [-0.05, 0) is 43.4 Å². The monoisotopic (exact) mass is 296 g/mol. The number of rotatable bonds is 2. The van der Waals surface area contributed by atoms with Crippen molar-refractivity contribution in [2.75, 3.05) is 0 Å². The Hall–Kier alpha value is -1.11. The van der Waals surface area contributed by atoms with Gasteiger partial charge in [-0.25, -0.2) is 0 Å². The SMILES string of the molecule is O=C(c1ccccc1)[C@]12CCCC[C@H]1[C@@H]1CCCCCC[C@H]12. The molecule has 0 bridgehead atoms. The van der Waals surface area contributed by atoms with Crippen LogP contribution in [0.25, 0.3) is 0 Å². The van der Waals surface area contributed by atoms with E-state index in [-0.39, 0.29) is 5.41 Å². The molecule has 3 aliphatic carbocycles. The van der Waals surface area contributed by atoms with E-state index >= 15 is 0 Å². The molecule has 1 aromatic carbocycles. The van der Waals surface area contributed by atoms with Crippen LogP contribution in [0.1, 0.15) is 74.6 Å². The molecule has 3 fully saturated rings. The number of hydrogen-bond donors (Lipinski definition) is 0. The average Bonchev–Trinajstić information content (AvgIpc) is 2.54. The van der Waals surface area contributed by atoms with Crippen LogP contribution < -0.4 is 0 Å². The fraction of sp³-hybridized carbons (Fsp3) is 0.667. The number of carbonyl (C=O) groups is 1. The minimum Gasteiger partial charge on any atom is -0.294 e. The molecule has 1 aromatic rings. The summed E-state index contributed by atoms with van der Waals surface area (Å²) in [6, 6.07) is 10.1. The van der Waals surface area contributed by atoms with Crippen LogP contribution in [0, 0.1) is 23.2 Å². The third-order valence-corrected chi connectivity index (χ3v) is 6.97. The molecular weight excluding hydrogens is 268 g/mol. The number of benzene rings is 1. The maximum atomic E-state index is 13.4. The van der Waals surface area contributed by atoms with Crippen LogP contribution in [-0.2, 0) is 0 Å². The quantitative estimate of drug-likeness (QED) is 0.645. The van der Waals surface area contributed by atoms with Gasteiger partial charge < -0.3 is 0 Å². The summed E-state index contributed by atoms with van der Waals surface area (Å²) in [5, 5.41) is 0. The Balaban J connectivity index is 1.68. The van der Waals surface area contributed by atoms with Gasteiger partial charge in [-0.15, -0.1) is 0 Å².